The fourth-order valence-corrected chi connectivity index (χ4v) is 3.18. The van der Waals surface area contributed by atoms with Gasteiger partial charge in [-0.15, -0.1) is 0 Å². The van der Waals surface area contributed by atoms with Crippen LogP contribution < -0.4 is 0 Å². The number of rotatable bonds is 3. The van der Waals surface area contributed by atoms with Crippen LogP contribution >= 0.6 is 11.8 Å². The molecule has 1 N–H and O–H groups in total. The van der Waals surface area contributed by atoms with E-state index in [-0.39, 0.29) is 12.0 Å². The van der Waals surface area contributed by atoms with E-state index in [2.05, 4.69) is 15.1 Å². The second-order valence-corrected chi connectivity index (χ2v) is 5.37. The van der Waals surface area contributed by atoms with Crippen LogP contribution in [0.15, 0.2) is 29.0 Å². The first-order chi connectivity index (χ1) is 8.83. The van der Waals surface area contributed by atoms with Crippen molar-refractivity contribution in [1.82, 2.24) is 15.1 Å². The highest BCUT2D eigenvalue weighted by atomic mass is 32.2. The lowest BCUT2D eigenvalue weighted by Crippen LogP contribution is -2.15. The quantitative estimate of drug-likeness (QED) is 0.898. The summed E-state index contributed by atoms with van der Waals surface area (Å²) in [4.78, 5) is 8.41. The number of pyridine rings is 1. The summed E-state index contributed by atoms with van der Waals surface area (Å²) < 4.78 is 5.24. The first kappa shape index (κ1) is 11.7. The van der Waals surface area contributed by atoms with E-state index in [9.17, 15) is 5.11 Å². The minimum Gasteiger partial charge on any atom is -0.391 e. The van der Waals surface area contributed by atoms with Crippen molar-refractivity contribution in [3.8, 4) is 0 Å². The molecule has 1 aliphatic rings. The van der Waals surface area contributed by atoms with Crippen molar-refractivity contribution < 1.29 is 9.63 Å². The molecule has 3 heterocycles. The molecule has 0 spiro atoms. The van der Waals surface area contributed by atoms with Crippen molar-refractivity contribution in [1.29, 1.82) is 0 Å². The van der Waals surface area contributed by atoms with Crippen LogP contribution in [-0.2, 0) is 6.42 Å². The zero-order chi connectivity index (χ0) is 12.4. The van der Waals surface area contributed by atoms with Crippen LogP contribution in [0.2, 0.25) is 0 Å². The molecule has 5 nitrogen and oxygen atoms in total. The summed E-state index contributed by atoms with van der Waals surface area (Å²) in [5.41, 5.74) is 1.05. The zero-order valence-corrected chi connectivity index (χ0v) is 10.5. The minimum atomic E-state index is -0.373. The summed E-state index contributed by atoms with van der Waals surface area (Å²) in [5, 5.41) is 13.7. The number of hydrogen-bond acceptors (Lipinski definition) is 6. The standard InChI is InChI=1S/C12H13N3O2S/c16-10-7-18-6-9(10)12-14-11(15-17-12)4-8-2-1-3-13-5-8/h1-3,5,9-10,16H,4,6-7H2. The monoisotopic (exact) mass is 263 g/mol. The molecule has 0 saturated carbocycles. The van der Waals surface area contributed by atoms with E-state index in [4.69, 9.17) is 4.52 Å². The fraction of sp³-hybridized carbons (Fsp3) is 0.417. The molecule has 0 bridgehead atoms. The summed E-state index contributed by atoms with van der Waals surface area (Å²) in [5.74, 6) is 2.75. The molecule has 2 aromatic rings. The molecule has 18 heavy (non-hydrogen) atoms. The maximum Gasteiger partial charge on any atom is 0.233 e. The number of nitrogens with zero attached hydrogens (tertiary/aromatic N) is 3. The van der Waals surface area contributed by atoms with Crippen molar-refractivity contribution in [3.05, 3.63) is 41.8 Å². The molecule has 1 fully saturated rings. The number of thioether (sulfide) groups is 1. The molecule has 0 amide bonds. The third-order valence-electron chi connectivity index (χ3n) is 2.94. The Morgan fingerprint density at radius 1 is 1.44 bits per heavy atom. The molecule has 3 rings (SSSR count). The molecule has 0 aliphatic carbocycles. The molecule has 0 radical (unpaired) electrons. The number of hydrogen-bond donors (Lipinski definition) is 1. The van der Waals surface area contributed by atoms with E-state index in [0.717, 1.165) is 17.1 Å². The number of aliphatic hydroxyl groups is 1. The van der Waals surface area contributed by atoms with Crippen molar-refractivity contribution in [2.24, 2.45) is 0 Å². The Hall–Kier alpha value is -1.40. The smallest absolute Gasteiger partial charge is 0.233 e. The normalized spacial score (nSPS) is 23.4. The number of aromatic nitrogens is 3. The van der Waals surface area contributed by atoms with Crippen LogP contribution in [0.1, 0.15) is 23.2 Å². The van der Waals surface area contributed by atoms with Crippen molar-refractivity contribution in [3.63, 3.8) is 0 Å². The van der Waals surface area contributed by atoms with Crippen LogP contribution in [-0.4, -0.2) is 37.8 Å². The first-order valence-corrected chi connectivity index (χ1v) is 6.95. The van der Waals surface area contributed by atoms with E-state index in [1.165, 1.54) is 0 Å². The van der Waals surface area contributed by atoms with Gasteiger partial charge in [-0.25, -0.2) is 0 Å². The summed E-state index contributed by atoms with van der Waals surface area (Å²) in [7, 11) is 0. The summed E-state index contributed by atoms with van der Waals surface area (Å²) >= 11 is 1.71. The lowest BCUT2D eigenvalue weighted by molar-refractivity contribution is 0.164. The Morgan fingerprint density at radius 2 is 2.39 bits per heavy atom. The molecule has 2 unspecified atom stereocenters. The lowest BCUT2D eigenvalue weighted by atomic mass is 10.1. The largest absolute Gasteiger partial charge is 0.391 e. The Kier molecular flexibility index (Phi) is 3.29. The van der Waals surface area contributed by atoms with Gasteiger partial charge in [0.25, 0.3) is 0 Å². The molecule has 2 aromatic heterocycles. The van der Waals surface area contributed by atoms with Crippen molar-refractivity contribution >= 4 is 11.8 Å². The van der Waals surface area contributed by atoms with Gasteiger partial charge in [0, 0.05) is 30.3 Å². The van der Waals surface area contributed by atoms with E-state index in [1.807, 2.05) is 12.1 Å². The van der Waals surface area contributed by atoms with Gasteiger partial charge in [-0.3, -0.25) is 4.98 Å². The van der Waals surface area contributed by atoms with Gasteiger partial charge < -0.3 is 9.63 Å². The Labute approximate surface area is 109 Å². The van der Waals surface area contributed by atoms with E-state index in [1.54, 1.807) is 24.2 Å². The van der Waals surface area contributed by atoms with Gasteiger partial charge in [0.1, 0.15) is 0 Å². The highest BCUT2D eigenvalue weighted by molar-refractivity contribution is 7.99. The van der Waals surface area contributed by atoms with Gasteiger partial charge in [-0.05, 0) is 11.6 Å². The average molecular weight is 263 g/mol. The molecule has 0 aromatic carbocycles. The number of aliphatic hydroxyl groups excluding tert-OH is 1. The molecule has 1 saturated heterocycles. The molecule has 2 atom stereocenters. The molecule has 1 aliphatic heterocycles. The van der Waals surface area contributed by atoms with Gasteiger partial charge in [0.05, 0.1) is 12.0 Å². The topological polar surface area (TPSA) is 72.0 Å². The second kappa shape index (κ2) is 5.07. The minimum absolute atomic E-state index is 0.0230. The van der Waals surface area contributed by atoms with Crippen molar-refractivity contribution in [2.75, 3.05) is 11.5 Å². The molecule has 6 heteroatoms. The highest BCUT2D eigenvalue weighted by Gasteiger charge is 2.31. The van der Waals surface area contributed by atoms with Crippen LogP contribution in [0, 0.1) is 0 Å². The summed E-state index contributed by atoms with van der Waals surface area (Å²) in [6.45, 7) is 0. The van der Waals surface area contributed by atoms with Crippen LogP contribution in [0.5, 0.6) is 0 Å². The second-order valence-electron chi connectivity index (χ2n) is 4.30. The van der Waals surface area contributed by atoms with Gasteiger partial charge in [0.2, 0.25) is 5.89 Å². The summed E-state index contributed by atoms with van der Waals surface area (Å²) in [6, 6.07) is 3.86. The van der Waals surface area contributed by atoms with E-state index in [0.29, 0.717) is 18.1 Å². The maximum atomic E-state index is 9.78. The molecular weight excluding hydrogens is 250 g/mol. The SMILES string of the molecule is OC1CSCC1c1nc(Cc2cccnc2)no1. The van der Waals surface area contributed by atoms with Gasteiger partial charge >= 0.3 is 0 Å². The molecule has 94 valence electrons. The third-order valence-corrected chi connectivity index (χ3v) is 4.11. The van der Waals surface area contributed by atoms with E-state index >= 15 is 0 Å². The van der Waals surface area contributed by atoms with Crippen molar-refractivity contribution in [2.45, 2.75) is 18.4 Å². The predicted molar refractivity (Wildman–Crippen MR) is 67.4 cm³/mol. The zero-order valence-electron chi connectivity index (χ0n) is 9.69. The van der Waals surface area contributed by atoms with Gasteiger partial charge in [-0.2, -0.15) is 16.7 Å². The molecular formula is C12H13N3O2S. The van der Waals surface area contributed by atoms with Gasteiger partial charge in [0.15, 0.2) is 5.82 Å². The van der Waals surface area contributed by atoms with Crippen LogP contribution in [0.4, 0.5) is 0 Å². The average Bonchev–Trinajstić information content (AvgIpc) is 2.99. The maximum absolute atomic E-state index is 9.78. The van der Waals surface area contributed by atoms with Crippen LogP contribution in [0.3, 0.4) is 0 Å². The Balaban J connectivity index is 1.74. The highest BCUT2D eigenvalue weighted by Crippen LogP contribution is 2.31. The fourth-order valence-electron chi connectivity index (χ4n) is 1.95. The predicted octanol–water partition coefficient (Wildman–Crippen LogP) is 1.25. The first-order valence-electron chi connectivity index (χ1n) is 5.80. The Morgan fingerprint density at radius 3 is 3.11 bits per heavy atom. The lowest BCUT2D eigenvalue weighted by Gasteiger charge is -2.06. The Bertz CT molecular complexity index is 517. The third kappa shape index (κ3) is 2.39. The van der Waals surface area contributed by atoms with E-state index < -0.39 is 0 Å². The van der Waals surface area contributed by atoms with Gasteiger partial charge in [-0.1, -0.05) is 11.2 Å². The van der Waals surface area contributed by atoms with Crippen LogP contribution in [0.25, 0.3) is 0 Å². The summed E-state index contributed by atoms with van der Waals surface area (Å²) in [6.07, 6.45) is 3.75.